The van der Waals surface area contributed by atoms with Gasteiger partial charge in [0.15, 0.2) is 0 Å². The first-order valence-electron chi connectivity index (χ1n) is 9.32. The molecule has 0 bridgehead atoms. The van der Waals surface area contributed by atoms with Gasteiger partial charge in [-0.3, -0.25) is 4.90 Å². The van der Waals surface area contributed by atoms with Crippen molar-refractivity contribution in [1.29, 1.82) is 0 Å². The van der Waals surface area contributed by atoms with Crippen LogP contribution in [0.2, 0.25) is 0 Å². The Kier molecular flexibility index (Phi) is 4.98. The van der Waals surface area contributed by atoms with Gasteiger partial charge < -0.3 is 4.90 Å². The molecular weight excluding hydrogens is 300 g/mol. The van der Waals surface area contributed by atoms with E-state index in [1.54, 1.807) is 4.88 Å². The molecule has 0 amide bonds. The second kappa shape index (κ2) is 7.33. The van der Waals surface area contributed by atoms with Crippen LogP contribution in [0.25, 0.3) is 10.1 Å². The summed E-state index contributed by atoms with van der Waals surface area (Å²) in [7, 11) is 0. The molecule has 0 spiro atoms. The number of hydrogen-bond acceptors (Lipinski definition) is 3. The fourth-order valence-electron chi connectivity index (χ4n) is 4.24. The third kappa shape index (κ3) is 3.78. The maximum atomic E-state index is 2.77. The first-order valence-corrected chi connectivity index (χ1v) is 10.1. The van der Waals surface area contributed by atoms with Crippen LogP contribution in [0, 0.1) is 0 Å². The Balaban J connectivity index is 1.33. The second-order valence-electron chi connectivity index (χ2n) is 7.19. The third-order valence-corrected chi connectivity index (χ3v) is 6.71. The fourth-order valence-corrected chi connectivity index (χ4v) is 5.30. The molecule has 1 aromatic carbocycles. The van der Waals surface area contributed by atoms with Gasteiger partial charge in [0.2, 0.25) is 0 Å². The Morgan fingerprint density at radius 2 is 1.87 bits per heavy atom. The summed E-state index contributed by atoms with van der Waals surface area (Å²) < 4.78 is 1.44. The van der Waals surface area contributed by atoms with Crippen molar-refractivity contribution < 1.29 is 0 Å². The van der Waals surface area contributed by atoms with Crippen molar-refractivity contribution in [2.75, 3.05) is 32.7 Å². The highest BCUT2D eigenvalue weighted by atomic mass is 32.1. The van der Waals surface area contributed by atoms with Crippen LogP contribution >= 0.6 is 11.3 Å². The van der Waals surface area contributed by atoms with E-state index in [2.05, 4.69) is 40.1 Å². The molecule has 0 radical (unpaired) electrons. The lowest BCUT2D eigenvalue weighted by Gasteiger charge is -2.41. The average molecular weight is 329 g/mol. The summed E-state index contributed by atoms with van der Waals surface area (Å²) in [4.78, 5) is 7.04. The minimum atomic E-state index is 0.825. The summed E-state index contributed by atoms with van der Waals surface area (Å²) in [6, 6.07) is 12.0. The number of rotatable bonds is 4. The zero-order chi connectivity index (χ0) is 15.5. The highest BCUT2D eigenvalue weighted by Crippen LogP contribution is 2.26. The normalized spacial score (nSPS) is 24.3. The molecular formula is C20H28N2S. The minimum absolute atomic E-state index is 0.825. The third-order valence-electron chi connectivity index (χ3n) is 5.54. The molecule has 2 saturated heterocycles. The molecule has 2 aromatic rings. The molecule has 0 saturated carbocycles. The largest absolute Gasteiger partial charge is 0.301 e. The van der Waals surface area contributed by atoms with Gasteiger partial charge in [0.25, 0.3) is 0 Å². The van der Waals surface area contributed by atoms with Crippen LogP contribution in [-0.2, 0) is 6.42 Å². The zero-order valence-corrected chi connectivity index (χ0v) is 14.9. The van der Waals surface area contributed by atoms with Gasteiger partial charge >= 0.3 is 0 Å². The molecule has 1 atom stereocenters. The lowest BCUT2D eigenvalue weighted by atomic mass is 10.0. The standard InChI is InChI=1S/C20H28N2S/c1-4-12-22(13-5-1)18-8-6-11-21(16-18)14-10-19-15-17-7-2-3-9-20(17)23-19/h2-3,7,9,15,18H,1,4-6,8,10-14,16H2. The van der Waals surface area contributed by atoms with E-state index in [1.807, 2.05) is 11.3 Å². The van der Waals surface area contributed by atoms with Gasteiger partial charge in [0, 0.05) is 28.7 Å². The van der Waals surface area contributed by atoms with E-state index in [9.17, 15) is 0 Å². The van der Waals surface area contributed by atoms with E-state index >= 15 is 0 Å². The number of likely N-dealkylation sites (tertiary alicyclic amines) is 2. The number of nitrogens with zero attached hydrogens (tertiary/aromatic N) is 2. The molecule has 0 N–H and O–H groups in total. The Hall–Kier alpha value is -0.900. The molecule has 2 aliphatic heterocycles. The first-order chi connectivity index (χ1) is 11.4. The van der Waals surface area contributed by atoms with Crippen LogP contribution in [0.15, 0.2) is 30.3 Å². The summed E-state index contributed by atoms with van der Waals surface area (Å²) in [5, 5.41) is 1.41. The molecule has 23 heavy (non-hydrogen) atoms. The van der Waals surface area contributed by atoms with Gasteiger partial charge in [-0.15, -0.1) is 11.3 Å². The highest BCUT2D eigenvalue weighted by Gasteiger charge is 2.25. The van der Waals surface area contributed by atoms with E-state index in [0.29, 0.717) is 0 Å². The van der Waals surface area contributed by atoms with Crippen LogP contribution in [0.1, 0.15) is 37.0 Å². The highest BCUT2D eigenvalue weighted by molar-refractivity contribution is 7.19. The molecule has 124 valence electrons. The van der Waals surface area contributed by atoms with Crippen LogP contribution in [0.5, 0.6) is 0 Å². The average Bonchev–Trinajstić information content (AvgIpc) is 3.04. The molecule has 0 aliphatic carbocycles. The fraction of sp³-hybridized carbons (Fsp3) is 0.600. The molecule has 3 heterocycles. The predicted octanol–water partition coefficient (Wildman–Crippen LogP) is 4.39. The Morgan fingerprint density at radius 1 is 1.00 bits per heavy atom. The summed E-state index contributed by atoms with van der Waals surface area (Å²) in [6.07, 6.45) is 8.29. The Labute approximate surface area is 144 Å². The molecule has 1 aromatic heterocycles. The van der Waals surface area contributed by atoms with Gasteiger partial charge in [-0.1, -0.05) is 24.6 Å². The molecule has 2 nitrogen and oxygen atoms in total. The lowest BCUT2D eigenvalue weighted by molar-refractivity contribution is 0.0833. The quantitative estimate of drug-likeness (QED) is 0.821. The SMILES string of the molecule is c1ccc2sc(CCN3CCCC(N4CCCCC4)C3)cc2c1. The summed E-state index contributed by atoms with van der Waals surface area (Å²) in [5.41, 5.74) is 0. The molecule has 2 aliphatic rings. The Morgan fingerprint density at radius 3 is 2.74 bits per heavy atom. The summed E-state index contributed by atoms with van der Waals surface area (Å²) in [6.45, 7) is 6.51. The molecule has 2 fully saturated rings. The van der Waals surface area contributed by atoms with Crippen molar-refractivity contribution in [2.45, 2.75) is 44.6 Å². The zero-order valence-electron chi connectivity index (χ0n) is 14.0. The van der Waals surface area contributed by atoms with Crippen LogP contribution in [-0.4, -0.2) is 48.6 Å². The predicted molar refractivity (Wildman–Crippen MR) is 100 cm³/mol. The monoisotopic (exact) mass is 328 g/mol. The van der Waals surface area contributed by atoms with Crippen molar-refractivity contribution in [3.8, 4) is 0 Å². The smallest absolute Gasteiger partial charge is 0.0345 e. The second-order valence-corrected chi connectivity index (χ2v) is 8.36. The number of fused-ring (bicyclic) bond motifs is 1. The van der Waals surface area contributed by atoms with Crippen LogP contribution in [0.3, 0.4) is 0 Å². The van der Waals surface area contributed by atoms with Crippen molar-refractivity contribution >= 4 is 21.4 Å². The van der Waals surface area contributed by atoms with Crippen LogP contribution in [0.4, 0.5) is 0 Å². The number of thiophene rings is 1. The van der Waals surface area contributed by atoms with Crippen molar-refractivity contribution in [3.63, 3.8) is 0 Å². The van der Waals surface area contributed by atoms with E-state index in [4.69, 9.17) is 0 Å². The molecule has 1 unspecified atom stereocenters. The topological polar surface area (TPSA) is 6.48 Å². The molecule has 4 rings (SSSR count). The van der Waals surface area contributed by atoms with Gasteiger partial charge in [0.05, 0.1) is 0 Å². The van der Waals surface area contributed by atoms with Crippen molar-refractivity contribution in [3.05, 3.63) is 35.2 Å². The van der Waals surface area contributed by atoms with E-state index < -0.39 is 0 Å². The molecule has 3 heteroatoms. The van der Waals surface area contributed by atoms with Gasteiger partial charge in [-0.2, -0.15) is 0 Å². The van der Waals surface area contributed by atoms with Gasteiger partial charge in [0.1, 0.15) is 0 Å². The van der Waals surface area contributed by atoms with E-state index in [1.165, 1.54) is 81.3 Å². The first kappa shape index (κ1) is 15.6. The maximum Gasteiger partial charge on any atom is 0.0345 e. The van der Waals surface area contributed by atoms with Gasteiger partial charge in [-0.25, -0.2) is 0 Å². The summed E-state index contributed by atoms with van der Waals surface area (Å²) >= 11 is 1.98. The minimum Gasteiger partial charge on any atom is -0.301 e. The number of piperidine rings is 2. The van der Waals surface area contributed by atoms with Crippen LogP contribution < -0.4 is 0 Å². The summed E-state index contributed by atoms with van der Waals surface area (Å²) in [5.74, 6) is 0. The van der Waals surface area contributed by atoms with Gasteiger partial charge in [-0.05, 0) is 69.3 Å². The van der Waals surface area contributed by atoms with Crippen molar-refractivity contribution in [1.82, 2.24) is 9.80 Å². The lowest BCUT2D eigenvalue weighted by Crippen LogP contribution is -2.49. The van der Waals surface area contributed by atoms with E-state index in [0.717, 1.165) is 6.04 Å². The Bertz CT molecular complexity index is 596. The number of benzene rings is 1. The van der Waals surface area contributed by atoms with Crippen molar-refractivity contribution in [2.24, 2.45) is 0 Å². The maximum absolute atomic E-state index is 2.77. The number of hydrogen-bond donors (Lipinski definition) is 0. The van der Waals surface area contributed by atoms with E-state index in [-0.39, 0.29) is 0 Å².